The minimum Gasteiger partial charge on any atom is -1.00 e. The maximum absolute atomic E-state index is 14.3. The van der Waals surface area contributed by atoms with Crippen LogP contribution >= 0.6 is 0 Å². The standard InChI is InChI=1S/C48H70N8O6.ClH/c1-7-55(8-2)37-17-19-41-43(33-37)62-44-34-38(56(9-3)10-4)18-20-42(44)47(41)39-15-13-14-16-40(39)48(59)50-22-24-52-26-25-51(23-21-49)27-29-53(35-45(57)60-11-5)31-32-54(30-28-52)36-46(58)61-12-6;/h13-20,33-34H,7-12,21-32,35-36,49H2,1-6H3;1H. The molecule has 2 aromatic carbocycles. The van der Waals surface area contributed by atoms with E-state index in [-0.39, 0.29) is 43.3 Å². The van der Waals surface area contributed by atoms with Crippen LogP contribution in [0.5, 0.6) is 0 Å². The minimum absolute atomic E-state index is 0. The molecule has 2 aliphatic heterocycles. The molecule has 0 atom stereocenters. The van der Waals surface area contributed by atoms with E-state index < -0.39 is 0 Å². The number of benzene rings is 3. The molecule has 14 nitrogen and oxygen atoms in total. The van der Waals surface area contributed by atoms with Gasteiger partial charge in [0.15, 0.2) is 0 Å². The van der Waals surface area contributed by atoms with Crippen molar-refractivity contribution in [3.8, 4) is 22.5 Å². The van der Waals surface area contributed by atoms with Gasteiger partial charge >= 0.3 is 11.9 Å². The first-order valence-electron chi connectivity index (χ1n) is 22.8. The second-order valence-electron chi connectivity index (χ2n) is 15.6. The number of ether oxygens (including phenoxy) is 2. The van der Waals surface area contributed by atoms with Crippen LogP contribution in [0, 0.1) is 0 Å². The molecule has 1 aliphatic carbocycles. The third-order valence-electron chi connectivity index (χ3n) is 11.8. The van der Waals surface area contributed by atoms with E-state index >= 15 is 0 Å². The van der Waals surface area contributed by atoms with E-state index in [0.29, 0.717) is 71.1 Å². The molecule has 0 radical (unpaired) electrons. The lowest BCUT2D eigenvalue weighted by molar-refractivity contribution is -0.146. The fraction of sp³-hybridized carbons (Fsp3) is 0.542. The zero-order valence-electron chi connectivity index (χ0n) is 38.5. The molecule has 2 aromatic rings. The number of hydrogen-bond acceptors (Lipinski definition) is 12. The molecule has 0 spiro atoms. The molecule has 1 amide bonds. The van der Waals surface area contributed by atoms with Gasteiger partial charge in [0.1, 0.15) is 24.4 Å². The van der Waals surface area contributed by atoms with E-state index in [9.17, 15) is 14.4 Å². The van der Waals surface area contributed by atoms with E-state index in [0.717, 1.165) is 96.8 Å². The van der Waals surface area contributed by atoms with Crippen molar-refractivity contribution < 1.29 is 40.7 Å². The Morgan fingerprint density at radius 1 is 0.714 bits per heavy atom. The van der Waals surface area contributed by atoms with E-state index in [2.05, 4.69) is 98.5 Å². The number of esters is 2. The third-order valence-corrected chi connectivity index (χ3v) is 11.8. The second kappa shape index (κ2) is 26.3. The first-order chi connectivity index (χ1) is 30.2. The fourth-order valence-corrected chi connectivity index (χ4v) is 8.35. The van der Waals surface area contributed by atoms with Crippen LogP contribution in [0.25, 0.3) is 33.4 Å². The van der Waals surface area contributed by atoms with Gasteiger partial charge in [0.25, 0.3) is 5.91 Å². The number of halogens is 1. The summed E-state index contributed by atoms with van der Waals surface area (Å²) in [7, 11) is 0. The number of nitrogens with two attached hydrogens (primary N) is 1. The number of carbonyl (C=O) groups is 3. The average Bonchev–Trinajstić information content (AvgIpc) is 3.27. The lowest BCUT2D eigenvalue weighted by Crippen LogP contribution is -3.00. The predicted octanol–water partition coefficient (Wildman–Crippen LogP) is 0.903. The number of carbonyl (C=O) groups excluding carboxylic acids is 3. The first-order valence-corrected chi connectivity index (χ1v) is 22.8. The second-order valence-corrected chi connectivity index (χ2v) is 15.6. The molecule has 0 unspecified atom stereocenters. The van der Waals surface area contributed by atoms with Crippen LogP contribution in [0.2, 0.25) is 0 Å². The number of nitrogens with zero attached hydrogens (tertiary/aromatic N) is 6. The smallest absolute Gasteiger partial charge is 0.320 e. The molecular weight excluding hydrogens is 820 g/mol. The SMILES string of the molecule is CCOC(=O)CN1CCN(CCN)CCN(CCNC(=O)c2ccccc2-c2c3ccc(=[N+](CC)CC)cc-3oc3cc(N(CC)CC)ccc23)CCN(CC(=O)OCC)CC1.[Cl-]. The Kier molecular flexibility index (Phi) is 21.3. The Hall–Kier alpha value is -4.57. The Labute approximate surface area is 380 Å². The van der Waals surface area contributed by atoms with Crippen LogP contribution < -0.4 is 38.3 Å². The van der Waals surface area contributed by atoms with Crippen molar-refractivity contribution in [2.24, 2.45) is 5.73 Å². The molecule has 0 saturated carbocycles. The lowest BCUT2D eigenvalue weighted by atomic mass is 9.90. The van der Waals surface area contributed by atoms with Gasteiger partial charge in [-0.15, -0.1) is 0 Å². The van der Waals surface area contributed by atoms with Gasteiger partial charge in [-0.05, 0) is 71.4 Å². The summed E-state index contributed by atoms with van der Waals surface area (Å²) in [5, 5.41) is 5.30. The quantitative estimate of drug-likeness (QED) is 0.0835. The van der Waals surface area contributed by atoms with Crippen LogP contribution in [0.15, 0.2) is 65.1 Å². The molecule has 0 aromatic heterocycles. The molecule has 3 aliphatic rings. The van der Waals surface area contributed by atoms with E-state index in [4.69, 9.17) is 19.6 Å². The molecule has 63 heavy (non-hydrogen) atoms. The number of hydrogen-bond donors (Lipinski definition) is 2. The summed E-state index contributed by atoms with van der Waals surface area (Å²) in [5.41, 5.74) is 11.3. The number of anilines is 1. The first kappa shape index (κ1) is 51.1. The predicted molar refractivity (Wildman–Crippen MR) is 249 cm³/mol. The summed E-state index contributed by atoms with van der Waals surface area (Å²) >= 11 is 0. The number of nitrogens with one attached hydrogen (secondary N) is 1. The average molecular weight is 892 g/mol. The Morgan fingerprint density at radius 2 is 1.29 bits per heavy atom. The van der Waals surface area contributed by atoms with Crippen molar-refractivity contribution in [1.29, 1.82) is 0 Å². The van der Waals surface area contributed by atoms with Gasteiger partial charge < -0.3 is 42.2 Å². The van der Waals surface area contributed by atoms with Crippen molar-refractivity contribution in [1.82, 2.24) is 29.5 Å². The summed E-state index contributed by atoms with van der Waals surface area (Å²) < 4.78 is 19.6. The molecule has 1 fully saturated rings. The van der Waals surface area contributed by atoms with Crippen LogP contribution in [0.3, 0.4) is 0 Å². The maximum Gasteiger partial charge on any atom is 0.320 e. The molecule has 5 rings (SSSR count). The number of rotatable bonds is 18. The van der Waals surface area contributed by atoms with Gasteiger partial charge in [0.05, 0.1) is 32.4 Å². The monoisotopic (exact) mass is 891 g/mol. The van der Waals surface area contributed by atoms with E-state index in [1.54, 1.807) is 0 Å². The molecule has 1 saturated heterocycles. The maximum atomic E-state index is 14.3. The largest absolute Gasteiger partial charge is 1.00 e. The fourth-order valence-electron chi connectivity index (χ4n) is 8.35. The normalized spacial score (nSPS) is 15.0. The highest BCUT2D eigenvalue weighted by atomic mass is 35.5. The van der Waals surface area contributed by atoms with Crippen molar-refractivity contribution >= 4 is 34.5 Å². The van der Waals surface area contributed by atoms with Gasteiger partial charge in [-0.25, -0.2) is 4.58 Å². The van der Waals surface area contributed by atoms with Crippen molar-refractivity contribution in [3.05, 3.63) is 71.6 Å². The van der Waals surface area contributed by atoms with Crippen molar-refractivity contribution in [2.45, 2.75) is 41.5 Å². The van der Waals surface area contributed by atoms with Gasteiger partial charge in [0, 0.05) is 132 Å². The summed E-state index contributed by atoms with van der Waals surface area (Å²) in [6.45, 7) is 24.4. The molecule has 15 heteroatoms. The van der Waals surface area contributed by atoms with Crippen molar-refractivity contribution in [2.75, 3.05) is 136 Å². The zero-order valence-corrected chi connectivity index (χ0v) is 39.3. The summed E-state index contributed by atoms with van der Waals surface area (Å²) in [6, 6.07) is 20.6. The minimum atomic E-state index is -0.274. The van der Waals surface area contributed by atoms with E-state index in [1.807, 2.05) is 38.1 Å². The highest BCUT2D eigenvalue weighted by Gasteiger charge is 2.24. The Balaban J connectivity index is 0.00000871. The number of fused-ring (bicyclic) bond motifs is 2. The van der Waals surface area contributed by atoms with Gasteiger partial charge in [0.2, 0.25) is 5.36 Å². The van der Waals surface area contributed by atoms with Gasteiger partial charge in [-0.3, -0.25) is 34.0 Å². The van der Waals surface area contributed by atoms with Crippen LogP contribution in [0.1, 0.15) is 51.9 Å². The lowest BCUT2D eigenvalue weighted by Gasteiger charge is -2.33. The Bertz CT molecular complexity index is 2100. The molecule has 0 bridgehead atoms. The summed E-state index contributed by atoms with van der Waals surface area (Å²) in [5.74, 6) is 0.0931. The molecular formula is C48H71ClN8O6. The highest BCUT2D eigenvalue weighted by Crippen LogP contribution is 2.42. The Morgan fingerprint density at radius 3 is 1.84 bits per heavy atom. The van der Waals surface area contributed by atoms with Crippen LogP contribution in [0.4, 0.5) is 5.69 Å². The summed E-state index contributed by atoms with van der Waals surface area (Å²) in [4.78, 5) is 50.7. The van der Waals surface area contributed by atoms with Crippen molar-refractivity contribution in [3.63, 3.8) is 0 Å². The summed E-state index contributed by atoms with van der Waals surface area (Å²) in [6.07, 6.45) is 0. The highest BCUT2D eigenvalue weighted by molar-refractivity contribution is 6.09. The molecule has 346 valence electrons. The van der Waals surface area contributed by atoms with Crippen LogP contribution in [-0.4, -0.2) is 168 Å². The topological polar surface area (TPSA) is 140 Å². The molecule has 3 N–H and O–H groups in total. The van der Waals surface area contributed by atoms with Gasteiger partial charge in [-0.2, -0.15) is 0 Å². The zero-order chi connectivity index (χ0) is 44.4. The van der Waals surface area contributed by atoms with E-state index in [1.165, 1.54) is 0 Å². The van der Waals surface area contributed by atoms with Gasteiger partial charge in [-0.1, -0.05) is 18.2 Å². The molecule has 2 heterocycles. The number of amides is 1. The third kappa shape index (κ3) is 14.2. The van der Waals surface area contributed by atoms with Crippen LogP contribution in [-0.2, 0) is 19.1 Å².